The third kappa shape index (κ3) is 6.26. The normalized spacial score (nSPS) is 20.3. The molecular formula is C26H34N4O4S. The predicted molar refractivity (Wildman–Crippen MR) is 134 cm³/mol. The molecule has 1 amide bonds. The van der Waals surface area contributed by atoms with Crippen molar-refractivity contribution in [2.45, 2.75) is 43.7 Å². The Morgan fingerprint density at radius 3 is 2.91 bits per heavy atom. The van der Waals surface area contributed by atoms with Crippen molar-refractivity contribution in [3.63, 3.8) is 0 Å². The topological polar surface area (TPSA) is 77.0 Å². The van der Waals surface area contributed by atoms with Crippen LogP contribution in [0.5, 0.6) is 11.5 Å². The Morgan fingerprint density at radius 1 is 1.17 bits per heavy atom. The molecule has 9 heteroatoms. The van der Waals surface area contributed by atoms with Crippen LogP contribution >= 0.6 is 11.8 Å². The minimum Gasteiger partial charge on any atom is -0.454 e. The number of morpholine rings is 1. The molecule has 0 bridgehead atoms. The molecule has 1 aromatic carbocycles. The number of amides is 1. The summed E-state index contributed by atoms with van der Waals surface area (Å²) in [7, 11) is 0. The molecule has 4 heterocycles. The molecule has 188 valence electrons. The smallest absolute Gasteiger partial charge is 0.231 e. The maximum absolute atomic E-state index is 13.0. The van der Waals surface area contributed by atoms with Crippen LogP contribution in [0.15, 0.2) is 29.6 Å². The van der Waals surface area contributed by atoms with Gasteiger partial charge in [-0.25, -0.2) is 9.97 Å². The van der Waals surface area contributed by atoms with E-state index in [1.807, 2.05) is 29.3 Å². The Kier molecular flexibility index (Phi) is 8.06. The first-order valence-electron chi connectivity index (χ1n) is 12.6. The fourth-order valence-electron chi connectivity index (χ4n) is 4.94. The summed E-state index contributed by atoms with van der Waals surface area (Å²) in [5.41, 5.74) is 3.31. The number of hydrogen-bond donors (Lipinski definition) is 0. The monoisotopic (exact) mass is 498 g/mol. The van der Waals surface area contributed by atoms with Gasteiger partial charge in [0.25, 0.3) is 0 Å². The molecular weight excluding hydrogens is 464 g/mol. The SMILES string of the molecule is Cc1cnc(SCCN2CCOCC2)nc1[C@H]1CCCN(C(=O)CCc2ccc3c(c2)OCO3)C1. The Hall–Kier alpha value is -2.36. The summed E-state index contributed by atoms with van der Waals surface area (Å²) in [5.74, 6) is 2.99. The molecule has 5 rings (SSSR count). The summed E-state index contributed by atoms with van der Waals surface area (Å²) in [6.45, 7) is 8.57. The standard InChI is InChI=1S/C26H34N4O4S/c1-19-16-27-26(35-14-11-29-9-12-32-13-10-29)28-25(19)21-3-2-8-30(17-21)24(31)7-5-20-4-6-22-23(15-20)34-18-33-22/h4,6,15-16,21H,2-3,5,7-14,17-18H2,1H3/t21-/m0/s1. The Morgan fingerprint density at radius 2 is 2.03 bits per heavy atom. The molecule has 0 saturated carbocycles. The van der Waals surface area contributed by atoms with Gasteiger partial charge >= 0.3 is 0 Å². The van der Waals surface area contributed by atoms with Crippen molar-refractivity contribution < 1.29 is 19.0 Å². The van der Waals surface area contributed by atoms with E-state index in [0.29, 0.717) is 12.8 Å². The summed E-state index contributed by atoms with van der Waals surface area (Å²) < 4.78 is 16.3. The molecule has 0 aliphatic carbocycles. The van der Waals surface area contributed by atoms with Crippen molar-refractivity contribution in [1.29, 1.82) is 0 Å². The van der Waals surface area contributed by atoms with Crippen molar-refractivity contribution in [2.24, 2.45) is 0 Å². The van der Waals surface area contributed by atoms with Crippen molar-refractivity contribution in [1.82, 2.24) is 19.8 Å². The van der Waals surface area contributed by atoms with Gasteiger partial charge in [0, 0.05) is 57.0 Å². The summed E-state index contributed by atoms with van der Waals surface area (Å²) in [6.07, 6.45) is 5.20. The third-order valence-corrected chi connectivity index (χ3v) is 7.80. The van der Waals surface area contributed by atoms with Crippen LogP contribution in [0, 0.1) is 6.92 Å². The summed E-state index contributed by atoms with van der Waals surface area (Å²) in [6, 6.07) is 5.92. The second-order valence-electron chi connectivity index (χ2n) is 9.39. The number of benzene rings is 1. The molecule has 3 aliphatic heterocycles. The fourth-order valence-corrected chi connectivity index (χ4v) is 5.77. The zero-order valence-corrected chi connectivity index (χ0v) is 21.2. The van der Waals surface area contributed by atoms with Gasteiger partial charge in [-0.05, 0) is 49.4 Å². The highest BCUT2D eigenvalue weighted by Gasteiger charge is 2.27. The number of fused-ring (bicyclic) bond motifs is 1. The van der Waals surface area contributed by atoms with Gasteiger partial charge in [0.2, 0.25) is 12.7 Å². The number of hydrogen-bond acceptors (Lipinski definition) is 8. The molecule has 2 aromatic rings. The first-order chi connectivity index (χ1) is 17.2. The first-order valence-corrected chi connectivity index (χ1v) is 13.6. The predicted octanol–water partition coefficient (Wildman–Crippen LogP) is 3.28. The Bertz CT molecular complexity index is 1030. The highest BCUT2D eigenvalue weighted by molar-refractivity contribution is 7.99. The number of aromatic nitrogens is 2. The van der Waals surface area contributed by atoms with Crippen LogP contribution in [-0.2, 0) is 16.0 Å². The summed E-state index contributed by atoms with van der Waals surface area (Å²) >= 11 is 1.72. The van der Waals surface area contributed by atoms with Crippen LogP contribution < -0.4 is 9.47 Å². The average Bonchev–Trinajstić information content (AvgIpc) is 3.37. The van der Waals surface area contributed by atoms with Gasteiger partial charge in [-0.2, -0.15) is 0 Å². The Labute approximate surface area is 211 Å². The molecule has 1 aromatic heterocycles. The van der Waals surface area contributed by atoms with Crippen molar-refractivity contribution in [3.05, 3.63) is 41.2 Å². The summed E-state index contributed by atoms with van der Waals surface area (Å²) in [4.78, 5) is 27.0. The van der Waals surface area contributed by atoms with Gasteiger partial charge in [0.1, 0.15) is 0 Å². The van der Waals surface area contributed by atoms with Crippen LogP contribution in [0.1, 0.15) is 42.0 Å². The largest absolute Gasteiger partial charge is 0.454 e. The van der Waals surface area contributed by atoms with Crippen molar-refractivity contribution in [2.75, 3.05) is 58.5 Å². The maximum atomic E-state index is 13.0. The van der Waals surface area contributed by atoms with Crippen LogP contribution in [0.4, 0.5) is 0 Å². The van der Waals surface area contributed by atoms with Crippen LogP contribution in [0.2, 0.25) is 0 Å². The molecule has 0 spiro atoms. The molecule has 0 N–H and O–H groups in total. The average molecular weight is 499 g/mol. The van der Waals surface area contributed by atoms with Crippen LogP contribution in [-0.4, -0.2) is 84.2 Å². The molecule has 8 nitrogen and oxygen atoms in total. The van der Waals surface area contributed by atoms with Gasteiger partial charge in [0.05, 0.1) is 18.9 Å². The van der Waals surface area contributed by atoms with Gasteiger partial charge < -0.3 is 19.1 Å². The van der Waals surface area contributed by atoms with Crippen molar-refractivity contribution in [3.8, 4) is 11.5 Å². The van der Waals surface area contributed by atoms with E-state index in [9.17, 15) is 4.79 Å². The highest BCUT2D eigenvalue weighted by atomic mass is 32.2. The van der Waals surface area contributed by atoms with Crippen LogP contribution in [0.3, 0.4) is 0 Å². The van der Waals surface area contributed by atoms with Crippen molar-refractivity contribution >= 4 is 17.7 Å². The van der Waals surface area contributed by atoms with E-state index in [4.69, 9.17) is 19.2 Å². The molecule has 3 aliphatic rings. The number of likely N-dealkylation sites (tertiary alicyclic amines) is 1. The van der Waals surface area contributed by atoms with E-state index in [2.05, 4.69) is 16.8 Å². The van der Waals surface area contributed by atoms with E-state index in [1.165, 1.54) is 0 Å². The molecule has 0 unspecified atom stereocenters. The first kappa shape index (κ1) is 24.3. The zero-order valence-electron chi connectivity index (χ0n) is 20.4. The number of rotatable bonds is 8. The van der Waals surface area contributed by atoms with E-state index < -0.39 is 0 Å². The minimum atomic E-state index is 0.208. The molecule has 1 atom stereocenters. The molecule has 35 heavy (non-hydrogen) atoms. The lowest BCUT2D eigenvalue weighted by Crippen LogP contribution is -2.39. The number of thioether (sulfide) groups is 1. The number of carbonyl (C=O) groups excluding carboxylic acids is 1. The second-order valence-corrected chi connectivity index (χ2v) is 10.5. The zero-order chi connectivity index (χ0) is 24.0. The fraction of sp³-hybridized carbons (Fsp3) is 0.577. The van der Waals surface area contributed by atoms with Gasteiger partial charge in [-0.15, -0.1) is 0 Å². The number of carbonyl (C=O) groups is 1. The lowest BCUT2D eigenvalue weighted by molar-refractivity contribution is -0.132. The lowest BCUT2D eigenvalue weighted by atomic mass is 9.92. The summed E-state index contributed by atoms with van der Waals surface area (Å²) in [5, 5.41) is 0.838. The maximum Gasteiger partial charge on any atom is 0.231 e. The van der Waals surface area contributed by atoms with Crippen LogP contribution in [0.25, 0.3) is 0 Å². The van der Waals surface area contributed by atoms with Gasteiger partial charge in [0.15, 0.2) is 16.7 Å². The Balaban J connectivity index is 1.15. The van der Waals surface area contributed by atoms with E-state index in [0.717, 1.165) is 98.0 Å². The van der Waals surface area contributed by atoms with E-state index in [-0.39, 0.29) is 18.6 Å². The molecule has 2 saturated heterocycles. The van der Waals surface area contributed by atoms with E-state index in [1.54, 1.807) is 11.8 Å². The number of piperidine rings is 1. The number of aryl methyl sites for hydroxylation is 2. The molecule has 2 fully saturated rings. The lowest BCUT2D eigenvalue weighted by Gasteiger charge is -2.33. The van der Waals surface area contributed by atoms with E-state index >= 15 is 0 Å². The molecule has 0 radical (unpaired) electrons. The minimum absolute atomic E-state index is 0.208. The van der Waals surface area contributed by atoms with Gasteiger partial charge in [-0.3, -0.25) is 9.69 Å². The number of ether oxygens (including phenoxy) is 3. The second kappa shape index (κ2) is 11.6. The number of nitrogens with zero attached hydrogens (tertiary/aromatic N) is 4. The highest BCUT2D eigenvalue weighted by Crippen LogP contribution is 2.33. The third-order valence-electron chi connectivity index (χ3n) is 6.96. The van der Waals surface area contributed by atoms with Gasteiger partial charge in [-0.1, -0.05) is 17.8 Å². The quantitative estimate of drug-likeness (QED) is 0.405.